The first-order valence-electron chi connectivity index (χ1n) is 17.6. The molecule has 5 rings (SSSR count). The van der Waals surface area contributed by atoms with E-state index in [-0.39, 0.29) is 84.7 Å². The van der Waals surface area contributed by atoms with Gasteiger partial charge < -0.3 is 33.9 Å². The van der Waals surface area contributed by atoms with Crippen LogP contribution in [0.1, 0.15) is 66.8 Å². The van der Waals surface area contributed by atoms with E-state index in [0.29, 0.717) is 35.2 Å². The summed E-state index contributed by atoms with van der Waals surface area (Å²) >= 11 is 1.02. The summed E-state index contributed by atoms with van der Waals surface area (Å²) in [5.74, 6) is -4.27. The van der Waals surface area contributed by atoms with Crippen LogP contribution in [-0.4, -0.2) is 91.8 Å². The number of ether oxygens (including phenoxy) is 5. The third-order valence-corrected chi connectivity index (χ3v) is 9.89. The van der Waals surface area contributed by atoms with Crippen molar-refractivity contribution >= 4 is 56.8 Å². The minimum absolute atomic E-state index is 0.00462. The van der Waals surface area contributed by atoms with Crippen LogP contribution in [0.4, 0.5) is 8.78 Å². The molecule has 2 aliphatic rings. The number of nitrogens with zero attached hydrogens (tertiary/aromatic N) is 2. The molecule has 0 fully saturated rings. The molecule has 4 amide bonds. The first kappa shape index (κ1) is 40.6. The quantitative estimate of drug-likeness (QED) is 0.0780. The van der Waals surface area contributed by atoms with Crippen molar-refractivity contribution in [3.63, 3.8) is 0 Å². The Balaban J connectivity index is 1.11. The second kappa shape index (κ2) is 18.2. The summed E-state index contributed by atoms with van der Waals surface area (Å²) < 4.78 is 59.1. The second-order valence-electron chi connectivity index (χ2n) is 12.8. The second-order valence-corrected chi connectivity index (χ2v) is 13.9. The number of esters is 1. The number of nitrogens with one attached hydrogen (secondary N) is 1. The molecule has 1 atom stereocenters. The van der Waals surface area contributed by atoms with Gasteiger partial charge in [-0.15, -0.1) is 11.3 Å². The SMILES string of the molecule is CCCC(=O)N1Cc2cc(OC)c(OCCCOc3c(OC)cc4sc(C(=O)CCC(=O)OC(C)CNC(=O)CN5C(=O)C=CC5=O)cc4c3F)c(F)c2C1. The Bertz CT molecular complexity index is 2010. The predicted octanol–water partition coefficient (Wildman–Crippen LogP) is 4.62. The normalized spacial score (nSPS) is 13.9. The number of hydrogen-bond acceptors (Lipinski definition) is 12. The Hall–Kier alpha value is -5.58. The number of benzene rings is 2. The number of amides is 4. The fourth-order valence-corrected chi connectivity index (χ4v) is 6.99. The van der Waals surface area contributed by atoms with E-state index in [0.717, 1.165) is 28.4 Å². The van der Waals surface area contributed by atoms with Gasteiger partial charge in [0.2, 0.25) is 11.8 Å². The number of ketones is 1. The van der Waals surface area contributed by atoms with Gasteiger partial charge in [-0.05, 0) is 31.0 Å². The number of imide groups is 1. The highest BCUT2D eigenvalue weighted by atomic mass is 32.1. The van der Waals surface area contributed by atoms with Crippen molar-refractivity contribution in [1.82, 2.24) is 15.1 Å². The molecule has 1 aromatic heterocycles. The number of halogens is 2. The van der Waals surface area contributed by atoms with Gasteiger partial charge in [-0.3, -0.25) is 33.7 Å². The Kier molecular flexibility index (Phi) is 13.4. The molecule has 17 heteroatoms. The van der Waals surface area contributed by atoms with E-state index in [9.17, 15) is 28.8 Å². The molecule has 1 N–H and O–H groups in total. The molecule has 2 aromatic carbocycles. The highest BCUT2D eigenvalue weighted by Crippen LogP contribution is 2.41. The molecule has 3 heterocycles. The van der Waals surface area contributed by atoms with Crippen molar-refractivity contribution < 1.29 is 61.2 Å². The average Bonchev–Trinajstić information content (AvgIpc) is 3.88. The maximum atomic E-state index is 15.7. The molecule has 55 heavy (non-hydrogen) atoms. The van der Waals surface area contributed by atoms with Crippen LogP contribution < -0.4 is 24.3 Å². The zero-order valence-electron chi connectivity index (χ0n) is 30.8. The van der Waals surface area contributed by atoms with Gasteiger partial charge in [-0.1, -0.05) is 6.92 Å². The molecular weight excluding hydrogens is 744 g/mol. The smallest absolute Gasteiger partial charge is 0.306 e. The average molecular weight is 786 g/mol. The predicted molar refractivity (Wildman–Crippen MR) is 194 cm³/mol. The largest absolute Gasteiger partial charge is 0.493 e. The van der Waals surface area contributed by atoms with Gasteiger partial charge in [-0.25, -0.2) is 8.78 Å². The van der Waals surface area contributed by atoms with E-state index in [4.69, 9.17) is 23.7 Å². The van der Waals surface area contributed by atoms with Crippen molar-refractivity contribution in [1.29, 1.82) is 0 Å². The Morgan fingerprint density at radius 3 is 2.20 bits per heavy atom. The van der Waals surface area contributed by atoms with Crippen LogP contribution in [0.25, 0.3) is 10.1 Å². The van der Waals surface area contributed by atoms with Gasteiger partial charge in [-0.2, -0.15) is 0 Å². The van der Waals surface area contributed by atoms with Crippen molar-refractivity contribution in [3.8, 4) is 23.0 Å². The maximum absolute atomic E-state index is 15.7. The summed E-state index contributed by atoms with van der Waals surface area (Å²) in [5.41, 5.74) is 1.04. The highest BCUT2D eigenvalue weighted by Gasteiger charge is 2.30. The third kappa shape index (κ3) is 9.57. The summed E-state index contributed by atoms with van der Waals surface area (Å²) in [6, 6.07) is 4.59. The van der Waals surface area contributed by atoms with E-state index in [1.54, 1.807) is 17.0 Å². The van der Waals surface area contributed by atoms with Crippen LogP contribution in [0.2, 0.25) is 0 Å². The number of thiophene rings is 1. The van der Waals surface area contributed by atoms with E-state index < -0.39 is 53.8 Å². The van der Waals surface area contributed by atoms with Crippen LogP contribution in [-0.2, 0) is 41.8 Å². The van der Waals surface area contributed by atoms with Gasteiger partial charge in [0.25, 0.3) is 11.8 Å². The van der Waals surface area contributed by atoms with Crippen LogP contribution in [0.15, 0.2) is 30.4 Å². The van der Waals surface area contributed by atoms with Gasteiger partial charge in [0.05, 0.1) is 45.3 Å². The lowest BCUT2D eigenvalue weighted by atomic mass is 10.1. The monoisotopic (exact) mass is 785 g/mol. The minimum Gasteiger partial charge on any atom is -0.493 e. The molecular formula is C38H41F2N3O11S. The summed E-state index contributed by atoms with van der Waals surface area (Å²) in [5, 5.41) is 2.60. The number of carbonyl (C=O) groups is 6. The molecule has 294 valence electrons. The van der Waals surface area contributed by atoms with E-state index in [1.807, 2.05) is 6.92 Å². The standard InChI is InChI=1S/C38H41F2N3O11S/c1-5-7-31(46)42-18-22-14-26(50-3)37(36(40)24(22)19-42)52-12-6-13-53-38-27(51-4)16-28-23(35(38)39)15-29(55-28)25(44)8-11-34(49)54-21(2)17-41-30(45)20-43-32(47)9-10-33(43)48/h9-10,14-16,21H,5-8,11-13,17-20H2,1-4H3,(H,41,45). The minimum atomic E-state index is -0.761. The molecule has 14 nitrogen and oxygen atoms in total. The molecule has 2 aliphatic heterocycles. The number of Topliss-reactive ketones (excluding diaryl/α,β-unsaturated/α-hetero) is 1. The van der Waals surface area contributed by atoms with Gasteiger partial charge in [0, 0.05) is 66.2 Å². The van der Waals surface area contributed by atoms with E-state index in [1.165, 1.54) is 27.2 Å². The van der Waals surface area contributed by atoms with E-state index in [2.05, 4.69) is 5.32 Å². The maximum Gasteiger partial charge on any atom is 0.306 e. The van der Waals surface area contributed by atoms with Crippen LogP contribution >= 0.6 is 11.3 Å². The molecule has 0 saturated heterocycles. The van der Waals surface area contributed by atoms with Gasteiger partial charge in [0.1, 0.15) is 12.6 Å². The highest BCUT2D eigenvalue weighted by molar-refractivity contribution is 7.20. The van der Waals surface area contributed by atoms with Crippen molar-refractivity contribution in [2.75, 3.05) is 40.5 Å². The molecule has 0 bridgehead atoms. The fourth-order valence-electron chi connectivity index (χ4n) is 5.93. The number of carbonyl (C=O) groups excluding carboxylic acids is 6. The summed E-state index contributed by atoms with van der Waals surface area (Å²) in [6.45, 7) is 3.30. The Labute approximate surface area is 319 Å². The number of fused-ring (bicyclic) bond motifs is 2. The molecule has 0 saturated carbocycles. The number of methoxy groups -OCH3 is 2. The van der Waals surface area contributed by atoms with Gasteiger partial charge in [0.15, 0.2) is 40.4 Å². The first-order valence-corrected chi connectivity index (χ1v) is 18.4. The lowest BCUT2D eigenvalue weighted by Gasteiger charge is -2.16. The van der Waals surface area contributed by atoms with Crippen molar-refractivity contribution in [2.45, 2.75) is 65.1 Å². The number of hydrogen-bond donors (Lipinski definition) is 1. The summed E-state index contributed by atoms with van der Waals surface area (Å²) in [4.78, 5) is 75.6. The van der Waals surface area contributed by atoms with Crippen LogP contribution in [0.5, 0.6) is 23.0 Å². The first-order chi connectivity index (χ1) is 26.3. The lowest BCUT2D eigenvalue weighted by Crippen LogP contribution is -2.42. The van der Waals surface area contributed by atoms with Crippen LogP contribution in [0, 0.1) is 11.6 Å². The molecule has 0 radical (unpaired) electrons. The zero-order valence-corrected chi connectivity index (χ0v) is 31.6. The summed E-state index contributed by atoms with van der Waals surface area (Å²) in [6.07, 6.45) is 2.17. The molecule has 3 aromatic rings. The van der Waals surface area contributed by atoms with Crippen molar-refractivity contribution in [3.05, 3.63) is 58.0 Å². The lowest BCUT2D eigenvalue weighted by molar-refractivity contribution is -0.148. The zero-order chi connectivity index (χ0) is 39.8. The third-order valence-electron chi connectivity index (χ3n) is 8.76. The fraction of sp³-hybridized carbons (Fsp3) is 0.421. The number of rotatable bonds is 19. The van der Waals surface area contributed by atoms with E-state index >= 15 is 8.78 Å². The molecule has 1 unspecified atom stereocenters. The summed E-state index contributed by atoms with van der Waals surface area (Å²) in [7, 11) is 2.75. The molecule has 0 spiro atoms. The Morgan fingerprint density at radius 1 is 0.891 bits per heavy atom. The topological polar surface area (TPSA) is 167 Å². The van der Waals surface area contributed by atoms with Gasteiger partial charge >= 0.3 is 5.97 Å². The molecule has 0 aliphatic carbocycles. The van der Waals surface area contributed by atoms with Crippen molar-refractivity contribution in [2.24, 2.45) is 0 Å². The Morgan fingerprint density at radius 2 is 1.55 bits per heavy atom. The van der Waals surface area contributed by atoms with Crippen LogP contribution in [0.3, 0.4) is 0 Å².